The number of hydrogen-bond donors (Lipinski definition) is 1. The van der Waals surface area contributed by atoms with Crippen molar-refractivity contribution in [3.63, 3.8) is 0 Å². The molecule has 0 aliphatic carbocycles. The van der Waals surface area contributed by atoms with Gasteiger partial charge in [0.1, 0.15) is 6.04 Å². The molecule has 1 rings (SSSR count). The highest BCUT2D eigenvalue weighted by Crippen LogP contribution is 2.28. The van der Waals surface area contributed by atoms with Gasteiger partial charge in [0.05, 0.1) is 13.7 Å². The van der Waals surface area contributed by atoms with Crippen molar-refractivity contribution < 1.29 is 22.7 Å². The minimum atomic E-state index is -4.43. The number of ether oxygens (including phenoxy) is 1. The molecule has 3 nitrogen and oxygen atoms in total. The molecule has 0 aliphatic heterocycles. The van der Waals surface area contributed by atoms with Crippen LogP contribution in [0.3, 0.4) is 0 Å². The van der Waals surface area contributed by atoms with Crippen LogP contribution >= 0.6 is 27.5 Å². The molecule has 1 unspecified atom stereocenters. The number of hydrogen-bond acceptors (Lipinski definition) is 3. The summed E-state index contributed by atoms with van der Waals surface area (Å²) in [6.07, 6.45) is -4.43. The Morgan fingerprint density at radius 1 is 1.53 bits per heavy atom. The monoisotopic (exact) mass is 359 g/mol. The van der Waals surface area contributed by atoms with E-state index in [-0.39, 0.29) is 5.56 Å². The van der Waals surface area contributed by atoms with E-state index in [9.17, 15) is 18.0 Å². The molecule has 8 heteroatoms. The molecule has 19 heavy (non-hydrogen) atoms. The molecule has 0 radical (unpaired) electrons. The van der Waals surface area contributed by atoms with Crippen LogP contribution in [0, 0.1) is 0 Å². The molecule has 1 aromatic rings. The normalized spacial score (nSPS) is 13.2. The zero-order valence-corrected chi connectivity index (χ0v) is 12.1. The molecule has 0 amide bonds. The smallest absolute Gasteiger partial charge is 0.401 e. The van der Waals surface area contributed by atoms with Gasteiger partial charge in [-0.3, -0.25) is 5.32 Å². The van der Waals surface area contributed by atoms with Gasteiger partial charge in [-0.25, -0.2) is 4.79 Å². The molecule has 0 fully saturated rings. The Hall–Kier alpha value is -0.790. The minimum absolute atomic E-state index is 0.281. The van der Waals surface area contributed by atoms with E-state index in [0.29, 0.717) is 9.50 Å². The van der Waals surface area contributed by atoms with E-state index in [1.807, 2.05) is 0 Å². The standard InChI is InChI=1S/C11H10BrClF3NO2/c1-19-10(18)9(17-5-11(14,15)16)7-4-6(13)2-3-8(7)12/h2-4,9,17H,5H2,1H3. The molecule has 0 saturated carbocycles. The highest BCUT2D eigenvalue weighted by molar-refractivity contribution is 9.10. The summed E-state index contributed by atoms with van der Waals surface area (Å²) >= 11 is 8.94. The first-order chi connectivity index (χ1) is 8.74. The van der Waals surface area contributed by atoms with E-state index in [4.69, 9.17) is 11.6 Å². The van der Waals surface area contributed by atoms with E-state index in [1.165, 1.54) is 6.07 Å². The van der Waals surface area contributed by atoms with E-state index in [0.717, 1.165) is 7.11 Å². The lowest BCUT2D eigenvalue weighted by Crippen LogP contribution is -2.36. The highest BCUT2D eigenvalue weighted by Gasteiger charge is 2.32. The Kier molecular flexibility index (Phi) is 5.64. The Labute approximate surface area is 121 Å². The third-order valence-electron chi connectivity index (χ3n) is 2.21. The van der Waals surface area contributed by atoms with Crippen molar-refractivity contribution in [1.82, 2.24) is 5.32 Å². The van der Waals surface area contributed by atoms with Gasteiger partial charge in [0.15, 0.2) is 0 Å². The predicted octanol–water partition coefficient (Wildman–Crippen LogP) is 3.47. The van der Waals surface area contributed by atoms with E-state index in [2.05, 4.69) is 26.0 Å². The maximum Gasteiger partial charge on any atom is 0.401 e. The van der Waals surface area contributed by atoms with Crippen molar-refractivity contribution in [2.45, 2.75) is 12.2 Å². The lowest BCUT2D eigenvalue weighted by atomic mass is 10.1. The molecule has 0 heterocycles. The largest absolute Gasteiger partial charge is 0.468 e. The van der Waals surface area contributed by atoms with E-state index >= 15 is 0 Å². The van der Waals surface area contributed by atoms with Crippen molar-refractivity contribution >= 4 is 33.5 Å². The Morgan fingerprint density at radius 3 is 2.68 bits per heavy atom. The molecule has 1 N–H and O–H groups in total. The molecule has 0 saturated heterocycles. The summed E-state index contributed by atoms with van der Waals surface area (Å²) in [5.41, 5.74) is 0.281. The van der Waals surface area contributed by atoms with Gasteiger partial charge in [0.2, 0.25) is 0 Å². The minimum Gasteiger partial charge on any atom is -0.468 e. The number of methoxy groups -OCH3 is 1. The van der Waals surface area contributed by atoms with Crippen LogP contribution in [0.5, 0.6) is 0 Å². The average Bonchev–Trinajstić information content (AvgIpc) is 2.31. The van der Waals surface area contributed by atoms with Crippen molar-refractivity contribution in [1.29, 1.82) is 0 Å². The molecule has 106 valence electrons. The topological polar surface area (TPSA) is 38.3 Å². The lowest BCUT2D eigenvalue weighted by Gasteiger charge is -2.19. The maximum absolute atomic E-state index is 12.2. The fourth-order valence-corrected chi connectivity index (χ4v) is 2.05. The SMILES string of the molecule is COC(=O)C(NCC(F)(F)F)c1cc(Cl)ccc1Br. The van der Waals surface area contributed by atoms with Gasteiger partial charge < -0.3 is 4.74 Å². The summed E-state index contributed by atoms with van der Waals surface area (Å²) in [5, 5.41) is 2.41. The zero-order chi connectivity index (χ0) is 14.6. The van der Waals surface area contributed by atoms with E-state index in [1.54, 1.807) is 12.1 Å². The summed E-state index contributed by atoms with van der Waals surface area (Å²) in [6.45, 7) is -1.31. The molecule has 0 aliphatic rings. The fourth-order valence-electron chi connectivity index (χ4n) is 1.39. The van der Waals surface area contributed by atoms with Crippen LogP contribution in [0.2, 0.25) is 5.02 Å². The Morgan fingerprint density at radius 2 is 2.16 bits per heavy atom. The number of rotatable bonds is 4. The van der Waals surface area contributed by atoms with Gasteiger partial charge in [-0.05, 0) is 23.8 Å². The number of carbonyl (C=O) groups excluding carboxylic acids is 1. The lowest BCUT2D eigenvalue weighted by molar-refractivity contribution is -0.146. The number of benzene rings is 1. The molecule has 0 aromatic heterocycles. The van der Waals surface area contributed by atoms with Crippen LogP contribution in [0.1, 0.15) is 11.6 Å². The van der Waals surface area contributed by atoms with Crippen molar-refractivity contribution in [3.05, 3.63) is 33.3 Å². The fraction of sp³-hybridized carbons (Fsp3) is 0.364. The highest BCUT2D eigenvalue weighted by atomic mass is 79.9. The van der Waals surface area contributed by atoms with Crippen LogP contribution in [0.15, 0.2) is 22.7 Å². The summed E-state index contributed by atoms with van der Waals surface area (Å²) in [5.74, 6) is -0.827. The zero-order valence-electron chi connectivity index (χ0n) is 9.72. The first-order valence-corrected chi connectivity index (χ1v) is 6.24. The van der Waals surface area contributed by atoms with Crippen LogP contribution in [0.4, 0.5) is 13.2 Å². The summed E-state index contributed by atoms with van der Waals surface area (Å²) in [4.78, 5) is 11.6. The molecule has 0 spiro atoms. The second kappa shape index (κ2) is 6.58. The summed E-state index contributed by atoms with van der Waals surface area (Å²) in [7, 11) is 1.10. The van der Waals surface area contributed by atoms with Crippen LogP contribution < -0.4 is 5.32 Å². The third kappa shape index (κ3) is 5.00. The molecular formula is C11H10BrClF3NO2. The van der Waals surface area contributed by atoms with Gasteiger partial charge in [-0.1, -0.05) is 27.5 Å². The first kappa shape index (κ1) is 16.3. The number of alkyl halides is 3. The number of esters is 1. The van der Waals surface area contributed by atoms with Crippen LogP contribution in [-0.2, 0) is 9.53 Å². The average molecular weight is 361 g/mol. The molecule has 0 bridgehead atoms. The molecule has 1 atom stereocenters. The van der Waals surface area contributed by atoms with Crippen molar-refractivity contribution in [2.24, 2.45) is 0 Å². The molecular weight excluding hydrogens is 350 g/mol. The number of carbonyl (C=O) groups is 1. The quantitative estimate of drug-likeness (QED) is 0.836. The predicted molar refractivity (Wildman–Crippen MR) is 68.0 cm³/mol. The maximum atomic E-state index is 12.2. The van der Waals surface area contributed by atoms with E-state index < -0.39 is 24.7 Å². The van der Waals surface area contributed by atoms with Crippen molar-refractivity contribution in [2.75, 3.05) is 13.7 Å². The summed E-state index contributed by atoms with van der Waals surface area (Å²) in [6, 6.07) is 3.24. The van der Waals surface area contributed by atoms with Gasteiger partial charge in [-0.15, -0.1) is 0 Å². The third-order valence-corrected chi connectivity index (χ3v) is 3.17. The van der Waals surface area contributed by atoms with Crippen molar-refractivity contribution in [3.8, 4) is 0 Å². The number of halogens is 5. The first-order valence-electron chi connectivity index (χ1n) is 5.07. The van der Waals surface area contributed by atoms with Gasteiger partial charge >= 0.3 is 12.1 Å². The van der Waals surface area contributed by atoms with Crippen LogP contribution in [0.25, 0.3) is 0 Å². The van der Waals surface area contributed by atoms with Crippen LogP contribution in [-0.4, -0.2) is 25.8 Å². The Balaban J connectivity index is 3.03. The second-order valence-corrected chi connectivity index (χ2v) is 4.91. The Bertz CT molecular complexity index is 468. The summed E-state index contributed by atoms with van der Waals surface area (Å²) < 4.78 is 41.6. The van der Waals surface area contributed by atoms with Gasteiger partial charge in [0, 0.05) is 9.50 Å². The second-order valence-electron chi connectivity index (χ2n) is 3.62. The van der Waals surface area contributed by atoms with Gasteiger partial charge in [0.25, 0.3) is 0 Å². The molecule has 1 aromatic carbocycles. The number of nitrogens with one attached hydrogen (secondary N) is 1. The van der Waals surface area contributed by atoms with Gasteiger partial charge in [-0.2, -0.15) is 13.2 Å².